The van der Waals surface area contributed by atoms with Crippen LogP contribution >= 0.6 is 11.8 Å². The van der Waals surface area contributed by atoms with Crippen LogP contribution in [-0.2, 0) is 16.1 Å². The molecule has 1 aromatic rings. The lowest BCUT2D eigenvalue weighted by molar-refractivity contribution is -0.141. The first-order valence-electron chi connectivity index (χ1n) is 5.11. The zero-order valence-electron chi connectivity index (χ0n) is 9.33. The van der Waals surface area contributed by atoms with Crippen LogP contribution in [0.4, 0.5) is 0 Å². The second-order valence-electron chi connectivity index (χ2n) is 3.36. The lowest BCUT2D eigenvalue weighted by Crippen LogP contribution is -2.33. The van der Waals surface area contributed by atoms with Crippen LogP contribution in [-0.4, -0.2) is 40.2 Å². The summed E-state index contributed by atoms with van der Waals surface area (Å²) in [5.41, 5.74) is 5.59. The fourth-order valence-corrected chi connectivity index (χ4v) is 2.09. The molecule has 0 radical (unpaired) electrons. The Morgan fingerprint density at radius 2 is 2.50 bits per heavy atom. The van der Waals surface area contributed by atoms with E-state index in [1.54, 1.807) is 24.3 Å². The SMILES string of the molecule is COC(=O)C(N)CSCCCn1ccnc1. The third kappa shape index (κ3) is 4.67. The van der Waals surface area contributed by atoms with Gasteiger partial charge in [0.25, 0.3) is 0 Å². The Balaban J connectivity index is 2.02. The Morgan fingerprint density at radius 3 is 3.12 bits per heavy atom. The van der Waals surface area contributed by atoms with Crippen molar-refractivity contribution >= 4 is 17.7 Å². The van der Waals surface area contributed by atoms with E-state index in [0.717, 1.165) is 18.7 Å². The second kappa shape index (κ2) is 7.29. The van der Waals surface area contributed by atoms with E-state index in [4.69, 9.17) is 5.73 Å². The maximum Gasteiger partial charge on any atom is 0.323 e. The van der Waals surface area contributed by atoms with E-state index in [2.05, 4.69) is 9.72 Å². The number of carbonyl (C=O) groups is 1. The molecule has 5 nitrogen and oxygen atoms in total. The van der Waals surface area contributed by atoms with Crippen LogP contribution in [0.1, 0.15) is 6.42 Å². The molecule has 0 fully saturated rings. The Kier molecular flexibility index (Phi) is 5.95. The van der Waals surface area contributed by atoms with Gasteiger partial charge in [-0.1, -0.05) is 0 Å². The minimum Gasteiger partial charge on any atom is -0.468 e. The lowest BCUT2D eigenvalue weighted by atomic mass is 10.4. The summed E-state index contributed by atoms with van der Waals surface area (Å²) in [6, 6.07) is -0.511. The van der Waals surface area contributed by atoms with E-state index in [1.807, 2.05) is 10.8 Å². The molecule has 0 amide bonds. The molecule has 0 aliphatic carbocycles. The van der Waals surface area contributed by atoms with Crippen molar-refractivity contribution in [2.24, 2.45) is 5.73 Å². The Bertz CT molecular complexity index is 303. The van der Waals surface area contributed by atoms with E-state index in [9.17, 15) is 4.79 Å². The number of nitrogens with two attached hydrogens (primary N) is 1. The number of nitrogens with zero attached hydrogens (tertiary/aromatic N) is 2. The van der Waals surface area contributed by atoms with Crippen LogP contribution in [0, 0.1) is 0 Å². The average Bonchev–Trinajstić information content (AvgIpc) is 2.80. The zero-order valence-corrected chi connectivity index (χ0v) is 10.2. The molecule has 1 unspecified atom stereocenters. The van der Waals surface area contributed by atoms with Crippen molar-refractivity contribution in [3.05, 3.63) is 18.7 Å². The van der Waals surface area contributed by atoms with E-state index < -0.39 is 6.04 Å². The summed E-state index contributed by atoms with van der Waals surface area (Å²) >= 11 is 1.67. The van der Waals surface area contributed by atoms with Gasteiger partial charge in [-0.2, -0.15) is 11.8 Å². The number of thioether (sulfide) groups is 1. The largest absolute Gasteiger partial charge is 0.468 e. The molecule has 2 N–H and O–H groups in total. The second-order valence-corrected chi connectivity index (χ2v) is 4.51. The summed E-state index contributed by atoms with van der Waals surface area (Å²) in [6.45, 7) is 0.945. The molecule has 1 aromatic heterocycles. The Labute approximate surface area is 99.4 Å². The van der Waals surface area contributed by atoms with Crippen LogP contribution in [0.25, 0.3) is 0 Å². The van der Waals surface area contributed by atoms with Gasteiger partial charge in [-0.25, -0.2) is 4.98 Å². The monoisotopic (exact) mass is 243 g/mol. The number of hydrogen-bond acceptors (Lipinski definition) is 5. The third-order valence-electron chi connectivity index (χ3n) is 2.07. The van der Waals surface area contributed by atoms with E-state index in [-0.39, 0.29) is 5.97 Å². The molecular formula is C10H17N3O2S. The van der Waals surface area contributed by atoms with Gasteiger partial charge in [-0.05, 0) is 12.2 Å². The van der Waals surface area contributed by atoms with Crippen molar-refractivity contribution < 1.29 is 9.53 Å². The molecule has 16 heavy (non-hydrogen) atoms. The zero-order chi connectivity index (χ0) is 11.8. The number of carbonyl (C=O) groups excluding carboxylic acids is 1. The fraction of sp³-hybridized carbons (Fsp3) is 0.600. The predicted octanol–water partition coefficient (Wildman–Crippen LogP) is 0.507. The van der Waals surface area contributed by atoms with Gasteiger partial charge >= 0.3 is 5.97 Å². The van der Waals surface area contributed by atoms with Gasteiger partial charge in [0, 0.05) is 24.7 Å². The summed E-state index contributed by atoms with van der Waals surface area (Å²) < 4.78 is 6.57. The molecule has 1 atom stereocenters. The van der Waals surface area contributed by atoms with Gasteiger partial charge in [0.2, 0.25) is 0 Å². The summed E-state index contributed by atoms with van der Waals surface area (Å²) in [5.74, 6) is 1.24. The summed E-state index contributed by atoms with van der Waals surface area (Å²) in [5, 5.41) is 0. The van der Waals surface area contributed by atoms with E-state index >= 15 is 0 Å². The van der Waals surface area contributed by atoms with Crippen LogP contribution < -0.4 is 5.73 Å². The number of aryl methyl sites for hydroxylation is 1. The number of imidazole rings is 1. The Morgan fingerprint density at radius 1 is 1.69 bits per heavy atom. The standard InChI is InChI=1S/C10H17N3O2S/c1-15-10(14)9(11)7-16-6-2-4-13-5-3-12-8-13/h3,5,8-9H,2,4,6-7,11H2,1H3. The van der Waals surface area contributed by atoms with Crippen molar-refractivity contribution in [2.75, 3.05) is 18.6 Å². The quantitative estimate of drug-likeness (QED) is 0.558. The first kappa shape index (κ1) is 13.1. The minimum atomic E-state index is -0.511. The molecule has 0 bridgehead atoms. The highest BCUT2D eigenvalue weighted by atomic mass is 32.2. The van der Waals surface area contributed by atoms with Crippen molar-refractivity contribution in [1.82, 2.24) is 9.55 Å². The molecule has 0 aliphatic heterocycles. The van der Waals surface area contributed by atoms with E-state index in [1.165, 1.54) is 7.11 Å². The molecule has 6 heteroatoms. The van der Waals surface area contributed by atoms with Gasteiger partial charge in [-0.15, -0.1) is 0 Å². The molecule has 90 valence electrons. The minimum absolute atomic E-state index is 0.345. The van der Waals surface area contributed by atoms with E-state index in [0.29, 0.717) is 5.75 Å². The van der Waals surface area contributed by atoms with Crippen LogP contribution in [0.2, 0.25) is 0 Å². The number of aromatic nitrogens is 2. The van der Waals surface area contributed by atoms with Gasteiger partial charge < -0.3 is 15.0 Å². The van der Waals surface area contributed by atoms with Crippen LogP contribution in [0.3, 0.4) is 0 Å². The van der Waals surface area contributed by atoms with Gasteiger partial charge in [0.1, 0.15) is 6.04 Å². The van der Waals surface area contributed by atoms with Crippen molar-refractivity contribution in [2.45, 2.75) is 19.0 Å². The number of ether oxygens (including phenoxy) is 1. The molecule has 0 spiro atoms. The van der Waals surface area contributed by atoms with Gasteiger partial charge in [-0.3, -0.25) is 4.79 Å². The van der Waals surface area contributed by atoms with Crippen LogP contribution in [0.5, 0.6) is 0 Å². The molecule has 0 aromatic carbocycles. The maximum atomic E-state index is 11.0. The highest BCUT2D eigenvalue weighted by Crippen LogP contribution is 2.05. The predicted molar refractivity (Wildman–Crippen MR) is 64.2 cm³/mol. The van der Waals surface area contributed by atoms with Gasteiger partial charge in [0.15, 0.2) is 0 Å². The van der Waals surface area contributed by atoms with Crippen LogP contribution in [0.15, 0.2) is 18.7 Å². The Hall–Kier alpha value is -1.01. The normalized spacial score (nSPS) is 12.4. The van der Waals surface area contributed by atoms with Crippen molar-refractivity contribution in [3.63, 3.8) is 0 Å². The number of esters is 1. The summed E-state index contributed by atoms with van der Waals surface area (Å²) in [7, 11) is 1.35. The third-order valence-corrected chi connectivity index (χ3v) is 3.24. The number of hydrogen-bond donors (Lipinski definition) is 1. The molecule has 0 saturated carbocycles. The summed E-state index contributed by atoms with van der Waals surface area (Å²) in [6.07, 6.45) is 6.53. The smallest absolute Gasteiger partial charge is 0.323 e. The fourth-order valence-electron chi connectivity index (χ4n) is 1.20. The average molecular weight is 243 g/mol. The first-order valence-corrected chi connectivity index (χ1v) is 6.26. The first-order chi connectivity index (χ1) is 7.74. The molecule has 0 aliphatic rings. The highest BCUT2D eigenvalue weighted by molar-refractivity contribution is 7.99. The molecule has 0 saturated heterocycles. The lowest BCUT2D eigenvalue weighted by Gasteiger charge is -2.08. The van der Waals surface area contributed by atoms with Crippen molar-refractivity contribution in [3.8, 4) is 0 Å². The molecule has 1 heterocycles. The number of rotatable bonds is 7. The highest BCUT2D eigenvalue weighted by Gasteiger charge is 2.12. The topological polar surface area (TPSA) is 70.1 Å². The summed E-state index contributed by atoms with van der Waals surface area (Å²) in [4.78, 5) is 14.9. The maximum absolute atomic E-state index is 11.0. The molecular weight excluding hydrogens is 226 g/mol. The number of methoxy groups -OCH3 is 1. The van der Waals surface area contributed by atoms with Crippen molar-refractivity contribution in [1.29, 1.82) is 0 Å². The van der Waals surface area contributed by atoms with Gasteiger partial charge in [0.05, 0.1) is 13.4 Å². The molecule has 1 rings (SSSR count).